The van der Waals surface area contributed by atoms with Crippen LogP contribution in [0.5, 0.6) is 5.75 Å². The summed E-state index contributed by atoms with van der Waals surface area (Å²) in [6.45, 7) is 6.25. The number of hydrogen-bond acceptors (Lipinski definition) is 3. The predicted octanol–water partition coefficient (Wildman–Crippen LogP) is 4.15. The molecule has 0 saturated heterocycles. The minimum atomic E-state index is 0.200. The van der Waals surface area contributed by atoms with Crippen LogP contribution >= 0.6 is 11.3 Å². The van der Waals surface area contributed by atoms with Crippen LogP contribution in [0.3, 0.4) is 0 Å². The summed E-state index contributed by atoms with van der Waals surface area (Å²) in [6, 6.07) is 8.56. The molecular weight excluding hydrogens is 254 g/mol. The van der Waals surface area contributed by atoms with Crippen molar-refractivity contribution in [1.82, 2.24) is 5.32 Å². The molecule has 0 aliphatic carbocycles. The molecule has 0 radical (unpaired) electrons. The zero-order valence-electron chi connectivity index (χ0n) is 11.9. The lowest BCUT2D eigenvalue weighted by Gasteiger charge is -2.18. The Morgan fingerprint density at radius 1 is 1.21 bits per heavy atom. The zero-order valence-corrected chi connectivity index (χ0v) is 12.8. The number of ether oxygens (including phenoxy) is 1. The largest absolute Gasteiger partial charge is 0.491 e. The van der Waals surface area contributed by atoms with E-state index in [0.29, 0.717) is 0 Å². The molecule has 0 bridgehead atoms. The fourth-order valence-corrected chi connectivity index (χ4v) is 3.08. The first-order valence-electron chi connectivity index (χ1n) is 6.58. The molecule has 1 N–H and O–H groups in total. The lowest BCUT2D eigenvalue weighted by molar-refractivity contribution is 0.242. The summed E-state index contributed by atoms with van der Waals surface area (Å²) >= 11 is 1.75. The first-order chi connectivity index (χ1) is 9.11. The molecule has 1 aromatic carbocycles. The van der Waals surface area contributed by atoms with E-state index in [9.17, 15) is 0 Å². The number of nitrogens with one attached hydrogen (secondary N) is 1. The third-order valence-electron chi connectivity index (χ3n) is 3.06. The van der Waals surface area contributed by atoms with E-state index in [4.69, 9.17) is 4.74 Å². The van der Waals surface area contributed by atoms with Crippen LogP contribution in [-0.4, -0.2) is 13.2 Å². The Morgan fingerprint density at radius 3 is 2.58 bits per heavy atom. The van der Waals surface area contributed by atoms with Crippen molar-refractivity contribution in [1.29, 1.82) is 0 Å². The molecule has 0 amide bonds. The van der Waals surface area contributed by atoms with Gasteiger partial charge in [0, 0.05) is 0 Å². The second-order valence-electron chi connectivity index (χ2n) is 4.97. The number of rotatable bonds is 5. The van der Waals surface area contributed by atoms with Gasteiger partial charge in [-0.05, 0) is 67.4 Å². The first kappa shape index (κ1) is 14.1. The number of benzene rings is 1. The third kappa shape index (κ3) is 3.37. The summed E-state index contributed by atoms with van der Waals surface area (Å²) in [5.41, 5.74) is 3.91. The molecule has 0 spiro atoms. The van der Waals surface area contributed by atoms with Crippen molar-refractivity contribution in [3.8, 4) is 5.75 Å². The maximum absolute atomic E-state index is 5.77. The highest BCUT2D eigenvalue weighted by molar-refractivity contribution is 7.08. The fourth-order valence-electron chi connectivity index (χ4n) is 2.21. The van der Waals surface area contributed by atoms with E-state index in [0.717, 1.165) is 5.75 Å². The molecular formula is C16H21NOS. The van der Waals surface area contributed by atoms with Crippen molar-refractivity contribution >= 4 is 11.3 Å². The lowest BCUT2D eigenvalue weighted by atomic mass is 9.98. The Bertz CT molecular complexity index is 533. The Hall–Kier alpha value is -1.32. The van der Waals surface area contributed by atoms with Crippen LogP contribution in [0.4, 0.5) is 0 Å². The van der Waals surface area contributed by atoms with Crippen LogP contribution in [0, 0.1) is 6.92 Å². The summed E-state index contributed by atoms with van der Waals surface area (Å²) in [7, 11) is 2.00. The van der Waals surface area contributed by atoms with E-state index in [1.165, 1.54) is 16.7 Å². The second-order valence-corrected chi connectivity index (χ2v) is 5.71. The van der Waals surface area contributed by atoms with Crippen LogP contribution in [-0.2, 0) is 0 Å². The number of thiophene rings is 1. The summed E-state index contributed by atoms with van der Waals surface area (Å²) in [4.78, 5) is 0. The minimum absolute atomic E-state index is 0.200. The van der Waals surface area contributed by atoms with Gasteiger partial charge in [0.2, 0.25) is 0 Å². The van der Waals surface area contributed by atoms with E-state index in [2.05, 4.69) is 41.2 Å². The van der Waals surface area contributed by atoms with Gasteiger partial charge < -0.3 is 10.1 Å². The third-order valence-corrected chi connectivity index (χ3v) is 3.94. The molecule has 0 fully saturated rings. The summed E-state index contributed by atoms with van der Waals surface area (Å²) in [5.74, 6) is 0.931. The molecule has 0 saturated carbocycles. The Kier molecular flexibility index (Phi) is 4.61. The highest BCUT2D eigenvalue weighted by Crippen LogP contribution is 2.29. The maximum Gasteiger partial charge on any atom is 0.120 e. The molecule has 1 heterocycles. The van der Waals surface area contributed by atoms with Crippen LogP contribution in [0.15, 0.2) is 35.0 Å². The number of aryl methyl sites for hydroxylation is 1. The average Bonchev–Trinajstić information content (AvgIpc) is 2.77. The van der Waals surface area contributed by atoms with Crippen molar-refractivity contribution in [2.45, 2.75) is 32.9 Å². The van der Waals surface area contributed by atoms with Crippen LogP contribution in [0.25, 0.3) is 0 Å². The number of hydrogen-bond donors (Lipinski definition) is 1. The van der Waals surface area contributed by atoms with E-state index >= 15 is 0 Å². The normalized spacial score (nSPS) is 12.7. The van der Waals surface area contributed by atoms with Gasteiger partial charge in [0.05, 0.1) is 12.1 Å². The molecule has 102 valence electrons. The highest BCUT2D eigenvalue weighted by Gasteiger charge is 2.15. The summed E-state index contributed by atoms with van der Waals surface area (Å²) in [6.07, 6.45) is 0.200. The Balaban J connectivity index is 2.31. The first-order valence-corrected chi connectivity index (χ1v) is 7.52. The molecule has 0 aliphatic heterocycles. The molecule has 2 aromatic rings. The van der Waals surface area contributed by atoms with Crippen LogP contribution in [0.2, 0.25) is 0 Å². The van der Waals surface area contributed by atoms with Gasteiger partial charge in [-0.25, -0.2) is 0 Å². The molecule has 1 aromatic heterocycles. The van der Waals surface area contributed by atoms with E-state index < -0.39 is 0 Å². The minimum Gasteiger partial charge on any atom is -0.491 e. The topological polar surface area (TPSA) is 21.3 Å². The second kappa shape index (κ2) is 6.22. The molecule has 1 atom stereocenters. The molecule has 1 unspecified atom stereocenters. The molecule has 2 nitrogen and oxygen atoms in total. The Morgan fingerprint density at radius 2 is 2.00 bits per heavy atom. The van der Waals surface area contributed by atoms with Crippen molar-refractivity contribution in [2.24, 2.45) is 0 Å². The average molecular weight is 275 g/mol. The maximum atomic E-state index is 5.77. The summed E-state index contributed by atoms with van der Waals surface area (Å²) < 4.78 is 5.77. The van der Waals surface area contributed by atoms with Crippen molar-refractivity contribution < 1.29 is 4.74 Å². The smallest absolute Gasteiger partial charge is 0.120 e. The van der Waals surface area contributed by atoms with Gasteiger partial charge in [0.15, 0.2) is 0 Å². The molecule has 3 heteroatoms. The van der Waals surface area contributed by atoms with Gasteiger partial charge in [-0.2, -0.15) is 11.3 Å². The van der Waals surface area contributed by atoms with E-state index in [-0.39, 0.29) is 12.1 Å². The molecule has 19 heavy (non-hydrogen) atoms. The van der Waals surface area contributed by atoms with Crippen molar-refractivity contribution in [3.63, 3.8) is 0 Å². The fraction of sp³-hybridized carbons (Fsp3) is 0.375. The predicted molar refractivity (Wildman–Crippen MR) is 82.2 cm³/mol. The quantitative estimate of drug-likeness (QED) is 0.885. The highest BCUT2D eigenvalue weighted by atomic mass is 32.1. The standard InChI is InChI=1S/C16H21NOS/c1-11(2)18-14-7-5-6-13(8-14)16(17-4)15-10-19-9-12(15)3/h5-11,16-17H,1-4H3. The van der Waals surface area contributed by atoms with Crippen molar-refractivity contribution in [2.75, 3.05) is 7.05 Å². The lowest BCUT2D eigenvalue weighted by Crippen LogP contribution is -2.18. The molecule has 2 rings (SSSR count). The van der Waals surface area contributed by atoms with Gasteiger partial charge in [-0.1, -0.05) is 12.1 Å². The van der Waals surface area contributed by atoms with Gasteiger partial charge >= 0.3 is 0 Å². The van der Waals surface area contributed by atoms with Gasteiger partial charge in [-0.3, -0.25) is 0 Å². The van der Waals surface area contributed by atoms with Gasteiger partial charge in [0.1, 0.15) is 5.75 Å². The molecule has 0 aliphatic rings. The van der Waals surface area contributed by atoms with Gasteiger partial charge in [-0.15, -0.1) is 0 Å². The van der Waals surface area contributed by atoms with Crippen molar-refractivity contribution in [3.05, 3.63) is 51.7 Å². The SMILES string of the molecule is CNC(c1cccc(OC(C)C)c1)c1cscc1C. The van der Waals surface area contributed by atoms with E-state index in [1.807, 2.05) is 27.0 Å². The van der Waals surface area contributed by atoms with Crippen LogP contribution < -0.4 is 10.1 Å². The Labute approximate surface area is 119 Å². The monoisotopic (exact) mass is 275 g/mol. The van der Waals surface area contributed by atoms with E-state index in [1.54, 1.807) is 11.3 Å². The zero-order chi connectivity index (χ0) is 13.8. The van der Waals surface area contributed by atoms with Gasteiger partial charge in [0.25, 0.3) is 0 Å². The summed E-state index contributed by atoms with van der Waals surface area (Å²) in [5, 5.41) is 7.80. The van der Waals surface area contributed by atoms with Crippen LogP contribution in [0.1, 0.15) is 36.6 Å².